The highest BCUT2D eigenvalue weighted by Gasteiger charge is 2.46. The highest BCUT2D eigenvalue weighted by molar-refractivity contribution is 6.74. The lowest BCUT2D eigenvalue weighted by molar-refractivity contribution is -0.167. The Bertz CT molecular complexity index is 2470. The normalized spacial score (nSPS) is 23.2. The third kappa shape index (κ3) is 11.4. The Labute approximate surface area is 407 Å². The van der Waals surface area contributed by atoms with E-state index in [0.717, 1.165) is 113 Å². The van der Waals surface area contributed by atoms with Gasteiger partial charge >= 0.3 is 11.9 Å². The molecule has 3 saturated heterocycles. The van der Waals surface area contributed by atoms with Crippen LogP contribution in [0.25, 0.3) is 10.9 Å². The van der Waals surface area contributed by atoms with Gasteiger partial charge in [0.15, 0.2) is 14.9 Å². The molecule has 0 radical (unpaired) electrons. The number of aromatic nitrogens is 1. The van der Waals surface area contributed by atoms with Crippen LogP contribution in [0.4, 0.5) is 0 Å². The zero-order valence-corrected chi connectivity index (χ0v) is 42.7. The monoisotopic (exact) mass is 969 g/mol. The Balaban J connectivity index is 0.830. The smallest absolute Gasteiger partial charge is 0.344 e. The van der Waals surface area contributed by atoms with Gasteiger partial charge in [0.05, 0.1) is 29.2 Å². The molecular weight excluding hydrogens is 898 g/mol. The van der Waals surface area contributed by atoms with Crippen LogP contribution in [0.15, 0.2) is 65.5 Å². The minimum absolute atomic E-state index is 0.00412. The first-order valence-corrected chi connectivity index (χ1v) is 28.3. The van der Waals surface area contributed by atoms with E-state index in [4.69, 9.17) is 35.0 Å². The molecule has 2 aliphatic carbocycles. The van der Waals surface area contributed by atoms with Gasteiger partial charge in [0.25, 0.3) is 0 Å². The van der Waals surface area contributed by atoms with Crippen molar-refractivity contribution in [2.24, 2.45) is 11.8 Å². The lowest BCUT2D eigenvalue weighted by Gasteiger charge is -2.45. The number of halogens is 1. The van der Waals surface area contributed by atoms with Crippen LogP contribution in [-0.2, 0) is 41.9 Å². The van der Waals surface area contributed by atoms with Crippen molar-refractivity contribution < 1.29 is 38.1 Å². The maximum absolute atomic E-state index is 14.1. The van der Waals surface area contributed by atoms with E-state index in [2.05, 4.69) is 73.3 Å². The van der Waals surface area contributed by atoms with E-state index in [1.807, 2.05) is 6.07 Å². The molecule has 3 N–H and O–H groups in total. The number of aromatic hydroxyl groups is 1. The van der Waals surface area contributed by atoms with Gasteiger partial charge in [0.1, 0.15) is 29.5 Å². The molecular formula is C54H72ClN3O9Si. The number of rotatable bonds is 17. The number of hydrogen-bond donors (Lipinski definition) is 3. The third-order valence-electron chi connectivity index (χ3n) is 15.9. The first-order valence-electron chi connectivity index (χ1n) is 25.0. The van der Waals surface area contributed by atoms with Crippen LogP contribution in [0.5, 0.6) is 17.2 Å². The summed E-state index contributed by atoms with van der Waals surface area (Å²) in [7, 11) is -0.706. The third-order valence-corrected chi connectivity index (χ3v) is 20.7. The molecule has 5 fully saturated rings. The van der Waals surface area contributed by atoms with E-state index in [1.165, 1.54) is 11.6 Å². The van der Waals surface area contributed by atoms with Crippen molar-refractivity contribution in [2.75, 3.05) is 39.9 Å². The summed E-state index contributed by atoms with van der Waals surface area (Å²) in [5, 5.41) is 15.1. The van der Waals surface area contributed by atoms with E-state index in [9.17, 15) is 19.5 Å². The Morgan fingerprint density at radius 2 is 1.69 bits per heavy atom. The molecule has 68 heavy (non-hydrogen) atoms. The zero-order chi connectivity index (χ0) is 48.2. The lowest BCUT2D eigenvalue weighted by atomic mass is 9.68. The molecule has 0 amide bonds. The van der Waals surface area contributed by atoms with Crippen LogP contribution in [0, 0.1) is 11.8 Å². The van der Waals surface area contributed by atoms with Crippen LogP contribution >= 0.6 is 11.6 Å². The summed E-state index contributed by atoms with van der Waals surface area (Å²) in [5.41, 5.74) is 3.52. The number of phenols is 1. The van der Waals surface area contributed by atoms with Crippen molar-refractivity contribution >= 4 is 42.8 Å². The van der Waals surface area contributed by atoms with E-state index in [1.54, 1.807) is 31.4 Å². The molecule has 9 rings (SSSR count). The number of H-pyrrole nitrogens is 1. The second-order valence-corrected chi connectivity index (χ2v) is 26.6. The number of benzene rings is 3. The number of ether oxygens (including phenoxy) is 4. The molecule has 3 aromatic carbocycles. The molecule has 0 spiro atoms. The summed E-state index contributed by atoms with van der Waals surface area (Å²) in [6.45, 7) is 14.6. The number of methoxy groups -OCH3 is 1. The zero-order valence-electron chi connectivity index (χ0n) is 40.9. The molecule has 3 aliphatic heterocycles. The van der Waals surface area contributed by atoms with Crippen molar-refractivity contribution in [3.05, 3.63) is 98.3 Å². The Morgan fingerprint density at radius 1 is 0.941 bits per heavy atom. The number of piperidine rings is 3. The van der Waals surface area contributed by atoms with Crippen LogP contribution in [0.1, 0.15) is 120 Å². The minimum Gasteiger partial charge on any atom is -0.506 e. The van der Waals surface area contributed by atoms with Gasteiger partial charge in [-0.25, -0.2) is 4.79 Å². The van der Waals surface area contributed by atoms with Crippen molar-refractivity contribution in [2.45, 2.75) is 146 Å². The van der Waals surface area contributed by atoms with E-state index in [-0.39, 0.29) is 41.1 Å². The van der Waals surface area contributed by atoms with Gasteiger partial charge in [-0.15, -0.1) is 0 Å². The van der Waals surface area contributed by atoms with Crippen molar-refractivity contribution in [3.63, 3.8) is 0 Å². The van der Waals surface area contributed by atoms with Gasteiger partial charge in [-0.3, -0.25) is 14.5 Å². The molecule has 12 nitrogen and oxygen atoms in total. The second-order valence-electron chi connectivity index (χ2n) is 21.4. The minimum atomic E-state index is -2.28. The average molecular weight is 971 g/mol. The summed E-state index contributed by atoms with van der Waals surface area (Å²) < 4.78 is 31.0. The lowest BCUT2D eigenvalue weighted by Crippen LogP contribution is -2.53. The highest BCUT2D eigenvalue weighted by Crippen LogP contribution is 2.44. The molecule has 14 heteroatoms. The molecule has 2 saturated carbocycles. The summed E-state index contributed by atoms with van der Waals surface area (Å²) in [6.07, 6.45) is 11.0. The first kappa shape index (κ1) is 50.0. The van der Waals surface area contributed by atoms with Crippen molar-refractivity contribution in [1.82, 2.24) is 15.2 Å². The Morgan fingerprint density at radius 3 is 2.38 bits per heavy atom. The standard InChI is InChI=1S/C54H72ClN3O9Si/c1-53(2,3)68(5,6)67-47(41-17-19-44(59)51-42(41)18-20-49(60)57-51)32-56-31-38-29-43(55)46(30-45(38)63-4)64-34-50(61)65-40-15-13-35(14-16-40)27-36-11-10-12-39(28-36)54(23-8-7-9-24-54)52(62)66-48-33-58-25-21-37(48)22-26-58/h10-12,17-20,28-30,35,37,40,47-48,56,59H,7-9,13-16,21-27,31-34H2,1-6H3,(H,57,60)/t35?,40?,47-,48+/m1/s1. The predicted octanol–water partition coefficient (Wildman–Crippen LogP) is 10.3. The summed E-state index contributed by atoms with van der Waals surface area (Å²) >= 11 is 6.76. The number of nitrogens with one attached hydrogen (secondary N) is 2. The summed E-state index contributed by atoms with van der Waals surface area (Å²) in [5.74, 6) is 1.36. The fourth-order valence-corrected chi connectivity index (χ4v) is 12.4. The van der Waals surface area contributed by atoms with Gasteiger partial charge in [0, 0.05) is 42.7 Å². The number of hydrogen-bond acceptors (Lipinski definition) is 11. The fraction of sp³-hybridized carbons (Fsp3) is 0.574. The van der Waals surface area contributed by atoms with E-state index < -0.39 is 25.8 Å². The van der Waals surface area contributed by atoms with Gasteiger partial charge in [-0.1, -0.05) is 82.0 Å². The number of phenolic OH excluding ortho intramolecular Hbond substituents is 1. The van der Waals surface area contributed by atoms with Crippen LogP contribution in [0.2, 0.25) is 23.2 Å². The predicted molar refractivity (Wildman–Crippen MR) is 268 cm³/mol. The molecule has 1 aromatic heterocycles. The van der Waals surface area contributed by atoms with Crippen molar-refractivity contribution in [3.8, 4) is 17.2 Å². The SMILES string of the molecule is COc1cc(OCC(=O)OC2CCC(Cc3cccc(C4(C(=O)O[C@H]5CN6CCC5CC6)CCCCC4)c3)CC2)c(Cl)cc1CNC[C@@H](O[Si](C)(C)C(C)(C)C)c1ccc(O)c2[nH]c(=O)ccc12. The quantitative estimate of drug-likeness (QED) is 0.0686. The number of nitrogens with zero attached hydrogens (tertiary/aromatic N) is 1. The van der Waals surface area contributed by atoms with Crippen LogP contribution in [0.3, 0.4) is 0 Å². The largest absolute Gasteiger partial charge is 0.506 e. The van der Waals surface area contributed by atoms with Gasteiger partial charge in [-0.05, 0) is 136 Å². The van der Waals surface area contributed by atoms with Gasteiger partial charge < -0.3 is 38.8 Å². The fourth-order valence-electron chi connectivity index (χ4n) is 10.8. The number of esters is 2. The van der Waals surface area contributed by atoms with E-state index >= 15 is 0 Å². The maximum Gasteiger partial charge on any atom is 0.344 e. The topological polar surface area (TPSA) is 149 Å². The highest BCUT2D eigenvalue weighted by atomic mass is 35.5. The first-order chi connectivity index (χ1) is 32.5. The molecule has 4 aromatic rings. The van der Waals surface area contributed by atoms with Gasteiger partial charge in [0.2, 0.25) is 5.56 Å². The number of pyridine rings is 1. The Hall–Kier alpha value is -4.40. The Kier molecular flexibility index (Phi) is 15.7. The number of aromatic amines is 1. The number of carbonyl (C=O) groups is 2. The van der Waals surface area contributed by atoms with Crippen molar-refractivity contribution in [1.29, 1.82) is 0 Å². The molecule has 4 heterocycles. The summed E-state index contributed by atoms with van der Waals surface area (Å²) in [6, 6.07) is 18.8. The molecule has 5 aliphatic rings. The second kappa shape index (κ2) is 21.3. The number of fused-ring (bicyclic) bond motifs is 4. The van der Waals surface area contributed by atoms with Gasteiger partial charge in [-0.2, -0.15) is 0 Å². The van der Waals surface area contributed by atoms with Crippen LogP contribution < -0.4 is 20.3 Å². The molecule has 368 valence electrons. The number of carbonyl (C=O) groups excluding carboxylic acids is 2. The average Bonchev–Trinajstić information content (AvgIpc) is 3.32. The maximum atomic E-state index is 14.1. The van der Waals surface area contributed by atoms with Crippen LogP contribution in [-0.4, -0.2) is 87.4 Å². The summed E-state index contributed by atoms with van der Waals surface area (Å²) in [4.78, 5) is 44.6. The molecule has 0 unspecified atom stereocenters. The molecule has 2 bridgehead atoms. The molecule has 2 atom stereocenters. The van der Waals surface area contributed by atoms with E-state index in [0.29, 0.717) is 52.3 Å².